The first kappa shape index (κ1) is 79.3. The molecule has 1 aliphatic heterocycles. The maximum absolute atomic E-state index is 13.6. The van der Waals surface area contributed by atoms with Crippen molar-refractivity contribution in [3.8, 4) is 11.8 Å². The first-order valence-corrected chi connectivity index (χ1v) is 33.9. The zero-order valence-electron chi connectivity index (χ0n) is 53.3. The molecule has 1 aliphatic rings. The number of amides is 8. The van der Waals surface area contributed by atoms with Gasteiger partial charge in [-0.25, -0.2) is 9.59 Å². The van der Waals surface area contributed by atoms with Crippen molar-refractivity contribution in [1.29, 1.82) is 0 Å². The Labute approximate surface area is 565 Å². The van der Waals surface area contributed by atoms with Gasteiger partial charge in [0.05, 0.1) is 71.7 Å². The molecule has 4 atom stereocenters. The number of aryl methyl sites for hydroxylation is 1. The van der Waals surface area contributed by atoms with E-state index in [4.69, 9.17) is 28.4 Å². The van der Waals surface area contributed by atoms with Crippen LogP contribution in [-0.2, 0) is 84.4 Å². The lowest BCUT2D eigenvalue weighted by Gasteiger charge is -2.26. The van der Waals surface area contributed by atoms with Crippen LogP contribution in [0.2, 0.25) is 0 Å². The molecule has 0 radical (unpaired) electrons. The molecule has 10 N–H and O–H groups in total. The number of ether oxygens (including phenoxy) is 4. The number of benzene rings is 3. The minimum Gasteiger partial charge on any atom is -0.480 e. The summed E-state index contributed by atoms with van der Waals surface area (Å²) in [5.41, 5.74) is 4.37. The third-order valence-electron chi connectivity index (χ3n) is 14.6. The van der Waals surface area contributed by atoms with Gasteiger partial charge in [-0.3, -0.25) is 38.4 Å². The Morgan fingerprint density at radius 3 is 1.64 bits per heavy atom. The summed E-state index contributed by atoms with van der Waals surface area (Å²) in [4.78, 5) is 137. The molecule has 8 amide bonds. The summed E-state index contributed by atoms with van der Waals surface area (Å²) >= 11 is 2.23. The van der Waals surface area contributed by atoms with E-state index in [0.717, 1.165) is 32.2 Å². The van der Waals surface area contributed by atoms with Gasteiger partial charge in [0.15, 0.2) is 9.03 Å². The van der Waals surface area contributed by atoms with Crippen molar-refractivity contribution in [3.05, 3.63) is 98.6 Å². The number of aliphatic carboxylic acids is 2. The SMILES string of the molecule is O=C(CCCc1ccc(I)cc1)NCCCCC(NC(=O)C(CCC(=O)NCCCCCC(=O)N[C@@H](CCC(=O)NCCCCOPO)C(=O)O)NC(=O)CCOCCOCCOCCOCCNC(=O)CCC(=O)N1Cc2ccccc2C#Cc2ccccc21)C(=O)O. The molecule has 3 aromatic rings. The van der Waals surface area contributed by atoms with Crippen molar-refractivity contribution in [2.45, 2.75) is 147 Å². The Balaban J connectivity index is 1.09. The van der Waals surface area contributed by atoms with E-state index >= 15 is 0 Å². The number of carboxylic acids is 2. The molecule has 0 saturated carbocycles. The predicted octanol–water partition coefficient (Wildman–Crippen LogP) is 4.47. The fourth-order valence-electron chi connectivity index (χ4n) is 9.44. The molecular weight excluding hydrogens is 1350 g/mol. The fraction of sp³-hybridized carbons (Fsp3) is 0.545. The Bertz CT molecular complexity index is 2920. The number of fused-ring (bicyclic) bond motifs is 2. The van der Waals surface area contributed by atoms with Gasteiger partial charge in [-0.2, -0.15) is 0 Å². The van der Waals surface area contributed by atoms with Crippen LogP contribution in [0, 0.1) is 15.4 Å². The molecule has 4 rings (SSSR count). The average Bonchev–Trinajstić information content (AvgIpc) is 0.813. The smallest absolute Gasteiger partial charge is 0.326 e. The Kier molecular flexibility index (Phi) is 40.9. The van der Waals surface area contributed by atoms with E-state index in [-0.39, 0.29) is 147 Å². The van der Waals surface area contributed by atoms with Gasteiger partial charge in [-0.05, 0) is 135 Å². The highest BCUT2D eigenvalue weighted by Gasteiger charge is 2.28. The van der Waals surface area contributed by atoms with Crippen LogP contribution < -0.4 is 42.1 Å². The van der Waals surface area contributed by atoms with Gasteiger partial charge in [0, 0.05) is 85.8 Å². The van der Waals surface area contributed by atoms with E-state index in [9.17, 15) is 58.2 Å². The van der Waals surface area contributed by atoms with Crippen molar-refractivity contribution in [2.24, 2.45) is 0 Å². The zero-order chi connectivity index (χ0) is 68.0. The molecule has 3 unspecified atom stereocenters. The average molecular weight is 1440 g/mol. The van der Waals surface area contributed by atoms with E-state index in [1.165, 1.54) is 0 Å². The number of halogens is 1. The number of hydrogen-bond acceptors (Lipinski definition) is 16. The molecule has 1 heterocycles. The molecule has 0 bridgehead atoms. The van der Waals surface area contributed by atoms with Crippen LogP contribution in [0.25, 0.3) is 0 Å². The van der Waals surface area contributed by atoms with Crippen LogP contribution in [0.5, 0.6) is 0 Å². The minimum absolute atomic E-state index is 0.0130. The monoisotopic (exact) mass is 1440 g/mol. The lowest BCUT2D eigenvalue weighted by molar-refractivity contribution is -0.143. The molecular formula is C66H92IN8O18P. The number of nitrogens with zero attached hydrogens (tertiary/aromatic N) is 1. The number of carboxylic acid groups (broad SMARTS) is 2. The summed E-state index contributed by atoms with van der Waals surface area (Å²) in [6, 6.07) is 19.4. The highest BCUT2D eigenvalue weighted by Crippen LogP contribution is 2.26. The summed E-state index contributed by atoms with van der Waals surface area (Å²) in [5.74, 6) is 0.539. The van der Waals surface area contributed by atoms with Crippen LogP contribution in [0.15, 0.2) is 72.8 Å². The zero-order valence-corrected chi connectivity index (χ0v) is 56.4. The second-order valence-electron chi connectivity index (χ2n) is 22.0. The van der Waals surface area contributed by atoms with Crippen LogP contribution in [-0.4, -0.2) is 178 Å². The largest absolute Gasteiger partial charge is 0.480 e. The third kappa shape index (κ3) is 35.4. The molecule has 0 fully saturated rings. The van der Waals surface area contributed by atoms with Crippen molar-refractivity contribution >= 4 is 96.5 Å². The molecule has 26 nitrogen and oxygen atoms in total. The molecule has 28 heteroatoms. The van der Waals surface area contributed by atoms with Crippen LogP contribution >= 0.6 is 31.6 Å². The van der Waals surface area contributed by atoms with Crippen molar-refractivity contribution in [3.63, 3.8) is 0 Å². The summed E-state index contributed by atoms with van der Waals surface area (Å²) < 4.78 is 28.2. The van der Waals surface area contributed by atoms with Crippen molar-refractivity contribution in [2.75, 3.05) is 90.5 Å². The Morgan fingerprint density at radius 2 is 0.979 bits per heavy atom. The van der Waals surface area contributed by atoms with Crippen molar-refractivity contribution in [1.82, 2.24) is 37.2 Å². The highest BCUT2D eigenvalue weighted by molar-refractivity contribution is 14.1. The van der Waals surface area contributed by atoms with Gasteiger partial charge >= 0.3 is 11.9 Å². The number of carbonyl (C=O) groups excluding carboxylic acids is 8. The summed E-state index contributed by atoms with van der Waals surface area (Å²) in [7, 11) is -0.602. The lowest BCUT2D eigenvalue weighted by Crippen LogP contribution is -2.52. The van der Waals surface area contributed by atoms with Gasteiger partial charge in [-0.15, -0.1) is 0 Å². The molecule has 3 aromatic carbocycles. The molecule has 516 valence electrons. The number of para-hydroxylation sites is 1. The second kappa shape index (κ2) is 48.5. The number of nitrogens with one attached hydrogen (secondary N) is 7. The topological polar surface area (TPSA) is 365 Å². The quantitative estimate of drug-likeness (QED) is 0.0161. The number of unbranched alkanes of at least 4 members (excludes halogenated alkanes) is 4. The molecule has 0 spiro atoms. The van der Waals surface area contributed by atoms with Crippen LogP contribution in [0.1, 0.15) is 138 Å². The van der Waals surface area contributed by atoms with Crippen LogP contribution in [0.4, 0.5) is 5.69 Å². The maximum atomic E-state index is 13.6. The fourth-order valence-corrected chi connectivity index (χ4v) is 10.0. The van der Waals surface area contributed by atoms with E-state index in [1.807, 2.05) is 72.8 Å². The van der Waals surface area contributed by atoms with Crippen LogP contribution in [0.3, 0.4) is 0 Å². The Morgan fingerprint density at radius 1 is 0.468 bits per heavy atom. The first-order valence-electron chi connectivity index (χ1n) is 32.0. The first-order chi connectivity index (χ1) is 45.5. The van der Waals surface area contributed by atoms with Crippen molar-refractivity contribution < 1.29 is 86.5 Å². The predicted molar refractivity (Wildman–Crippen MR) is 359 cm³/mol. The summed E-state index contributed by atoms with van der Waals surface area (Å²) in [6.07, 6.45) is 4.49. The number of hydrogen-bond donors (Lipinski definition) is 10. The van der Waals surface area contributed by atoms with Gasteiger partial charge in [0.25, 0.3) is 0 Å². The molecule has 94 heavy (non-hydrogen) atoms. The van der Waals surface area contributed by atoms with Gasteiger partial charge in [0.1, 0.15) is 18.1 Å². The molecule has 0 aromatic heterocycles. The number of rotatable bonds is 51. The standard InChI is InChI=1S/C66H92IN8O18P/c67-52-25-21-48(22-26-52)13-12-20-57(76)68-35-9-7-17-54(65(84)85)74-64(83)53(27-29-58(77)69-34-8-1-2-19-61(80)73-55(66(86)87)28-30-59(78)70-36-10-11-38-93-94-88)72-62(81)33-39-89-41-43-91-45-46-92-44-42-90-40-37-71-60(79)31-32-63(82)75-47-51-16-4-3-14-49(51)23-24-50-15-5-6-18-56(50)75/h3-6,14-16,18,21-22,25-26,53-55,88,94H,1-2,7-13,17,19-20,27-47H2,(H,68,76)(H,69,77)(H,70,78)(H,71,79)(H,72,81)(H,73,80)(H,74,83)(H,84,85)(H,86,87)/t53?,54?,55-/m0/s1. The number of carbonyl (C=O) groups is 10. The summed E-state index contributed by atoms with van der Waals surface area (Å²) in [5, 5.41) is 38.2. The van der Waals surface area contributed by atoms with E-state index in [0.29, 0.717) is 89.7 Å². The maximum Gasteiger partial charge on any atom is 0.326 e. The second-order valence-corrected chi connectivity index (χ2v) is 23.7. The van der Waals surface area contributed by atoms with E-state index in [1.54, 1.807) is 4.90 Å². The highest BCUT2D eigenvalue weighted by atomic mass is 127. The summed E-state index contributed by atoms with van der Waals surface area (Å²) in [6.45, 7) is 3.47. The van der Waals surface area contributed by atoms with Gasteiger partial charge in [0.2, 0.25) is 47.3 Å². The molecule has 0 aliphatic carbocycles. The van der Waals surface area contributed by atoms with E-state index < -0.39 is 62.7 Å². The normalized spacial score (nSPS) is 12.5. The third-order valence-corrected chi connectivity index (χ3v) is 15.7. The molecule has 0 saturated heterocycles. The van der Waals surface area contributed by atoms with E-state index in [2.05, 4.69) is 71.6 Å². The lowest BCUT2D eigenvalue weighted by atomic mass is 10.0. The van der Waals surface area contributed by atoms with Gasteiger partial charge < -0.3 is 80.7 Å². The minimum atomic E-state index is -1.32. The Hall–Kier alpha value is -7.16. The van der Waals surface area contributed by atoms with Gasteiger partial charge in [-0.1, -0.05) is 60.7 Å². The number of anilines is 1.